The highest BCUT2D eigenvalue weighted by Gasteiger charge is 2.36. The van der Waals surface area contributed by atoms with Gasteiger partial charge in [0.15, 0.2) is 0 Å². The molecule has 4 nitrogen and oxygen atoms in total. The molecule has 0 bridgehead atoms. The van der Waals surface area contributed by atoms with Crippen LogP contribution in [0.1, 0.15) is 51.0 Å². The molecule has 1 aliphatic carbocycles. The fraction of sp³-hybridized carbons (Fsp3) is 0.242. The van der Waals surface area contributed by atoms with E-state index in [1.165, 1.54) is 24.6 Å². The summed E-state index contributed by atoms with van der Waals surface area (Å²) in [6.07, 6.45) is 7.93. The molecule has 0 amide bonds. The number of hydrogen-bond acceptors (Lipinski definition) is 4. The van der Waals surface area contributed by atoms with Crippen molar-refractivity contribution in [2.45, 2.75) is 31.3 Å². The second kappa shape index (κ2) is 9.73. The Morgan fingerprint density at radius 3 is 2.29 bits per heavy atom. The lowest BCUT2D eigenvalue weighted by Gasteiger charge is -2.37. The molecule has 1 heterocycles. The molecule has 6 rings (SSSR count). The number of aliphatic hydroxyl groups excluding tert-OH is 1. The molecule has 192 valence electrons. The monoisotopic (exact) mass is 507 g/mol. The number of rotatable bonds is 6. The number of aldehydes is 1. The molecule has 1 unspecified atom stereocenters. The predicted molar refractivity (Wildman–Crippen MR) is 150 cm³/mol. The summed E-state index contributed by atoms with van der Waals surface area (Å²) in [5.74, 6) is 0.320. The van der Waals surface area contributed by atoms with E-state index in [4.69, 9.17) is 4.74 Å². The molecular formula is C33H30FNO3. The van der Waals surface area contributed by atoms with Crippen molar-refractivity contribution in [3.8, 4) is 5.75 Å². The Morgan fingerprint density at radius 1 is 0.974 bits per heavy atom. The molecular weight excluding hydrogens is 477 g/mol. The number of anilines is 1. The van der Waals surface area contributed by atoms with Gasteiger partial charge in [0.05, 0.1) is 13.7 Å². The molecule has 0 saturated carbocycles. The first-order chi connectivity index (χ1) is 18.6. The van der Waals surface area contributed by atoms with Crippen LogP contribution in [0.2, 0.25) is 0 Å². The van der Waals surface area contributed by atoms with Crippen molar-refractivity contribution >= 4 is 28.8 Å². The molecule has 4 aromatic rings. The van der Waals surface area contributed by atoms with E-state index in [0.717, 1.165) is 41.1 Å². The number of allylic oxidation sites excluding steroid dienone is 1. The molecule has 0 spiro atoms. The summed E-state index contributed by atoms with van der Waals surface area (Å²) in [6.45, 7) is 1.96. The first-order valence-corrected chi connectivity index (χ1v) is 13.1. The highest BCUT2D eigenvalue weighted by atomic mass is 19.1. The van der Waals surface area contributed by atoms with Gasteiger partial charge in [0.1, 0.15) is 17.9 Å². The summed E-state index contributed by atoms with van der Waals surface area (Å²) in [5, 5.41) is 11.3. The van der Waals surface area contributed by atoms with Gasteiger partial charge in [0, 0.05) is 35.1 Å². The first kappa shape index (κ1) is 24.4. The molecule has 1 fully saturated rings. The van der Waals surface area contributed by atoms with Crippen molar-refractivity contribution < 1.29 is 19.0 Å². The van der Waals surface area contributed by atoms with Gasteiger partial charge in [-0.15, -0.1) is 0 Å². The molecule has 1 N–H and O–H groups in total. The van der Waals surface area contributed by atoms with Crippen molar-refractivity contribution in [3.63, 3.8) is 0 Å². The van der Waals surface area contributed by atoms with Crippen molar-refractivity contribution in [1.82, 2.24) is 0 Å². The van der Waals surface area contributed by atoms with Crippen LogP contribution in [-0.4, -0.2) is 31.6 Å². The van der Waals surface area contributed by atoms with Gasteiger partial charge in [-0.2, -0.15) is 0 Å². The molecule has 1 aliphatic heterocycles. The van der Waals surface area contributed by atoms with Crippen LogP contribution in [0.4, 0.5) is 10.1 Å². The minimum atomic E-state index is -0.530. The average molecular weight is 508 g/mol. The van der Waals surface area contributed by atoms with Gasteiger partial charge in [-0.1, -0.05) is 36.4 Å². The maximum atomic E-state index is 15.2. The molecule has 4 aromatic carbocycles. The second-order valence-corrected chi connectivity index (χ2v) is 10.3. The lowest BCUT2D eigenvalue weighted by molar-refractivity contribution is 0.112. The van der Waals surface area contributed by atoms with Gasteiger partial charge in [-0.05, 0) is 94.9 Å². The topological polar surface area (TPSA) is 49.8 Å². The Bertz CT molecular complexity index is 1540. The summed E-state index contributed by atoms with van der Waals surface area (Å²) in [5.41, 5.74) is 5.70. The Kier molecular flexibility index (Phi) is 6.24. The number of fused-ring (bicyclic) bond motifs is 3. The third kappa shape index (κ3) is 3.98. The summed E-state index contributed by atoms with van der Waals surface area (Å²) >= 11 is 0. The predicted octanol–water partition coefficient (Wildman–Crippen LogP) is 6.45. The zero-order chi connectivity index (χ0) is 26.3. The van der Waals surface area contributed by atoms with E-state index in [0.29, 0.717) is 34.6 Å². The highest BCUT2D eigenvalue weighted by Crippen LogP contribution is 2.45. The number of methoxy groups -OCH3 is 1. The third-order valence-corrected chi connectivity index (χ3v) is 8.22. The largest absolute Gasteiger partial charge is 0.497 e. The normalized spacial score (nSPS) is 18.6. The van der Waals surface area contributed by atoms with E-state index in [1.54, 1.807) is 19.2 Å². The first-order valence-electron chi connectivity index (χ1n) is 13.1. The summed E-state index contributed by atoms with van der Waals surface area (Å²) < 4.78 is 20.6. The van der Waals surface area contributed by atoms with Crippen LogP contribution in [0.15, 0.2) is 72.8 Å². The van der Waals surface area contributed by atoms with Gasteiger partial charge >= 0.3 is 0 Å². The van der Waals surface area contributed by atoms with Crippen LogP contribution in [-0.2, 0) is 18.4 Å². The van der Waals surface area contributed by atoms with Crippen molar-refractivity contribution in [1.29, 1.82) is 0 Å². The van der Waals surface area contributed by atoms with Crippen LogP contribution in [0.25, 0.3) is 16.8 Å². The quantitative estimate of drug-likeness (QED) is 0.305. The smallest absolute Gasteiger partial charge is 0.150 e. The number of ether oxygens (including phenoxy) is 1. The van der Waals surface area contributed by atoms with E-state index < -0.39 is 11.2 Å². The van der Waals surface area contributed by atoms with Gasteiger partial charge in [0.2, 0.25) is 0 Å². The zero-order valence-electron chi connectivity index (χ0n) is 21.4. The van der Waals surface area contributed by atoms with E-state index >= 15 is 4.39 Å². The van der Waals surface area contributed by atoms with Gasteiger partial charge in [0.25, 0.3) is 0 Å². The van der Waals surface area contributed by atoms with Gasteiger partial charge < -0.3 is 14.7 Å². The SMILES string of the molecule is COc1ccc(C2(c3ccc(N4CCCC4)cc3)C=Cc3c(CO)cc4c(F)cc(C=O)cc4c3C2)cc1. The number of aliphatic hydroxyl groups is 1. The Morgan fingerprint density at radius 2 is 1.66 bits per heavy atom. The number of carbonyl (C=O) groups excluding carboxylic acids is 1. The Hall–Kier alpha value is -3.96. The Labute approximate surface area is 222 Å². The molecule has 5 heteroatoms. The molecule has 38 heavy (non-hydrogen) atoms. The molecule has 0 radical (unpaired) electrons. The van der Waals surface area contributed by atoms with Crippen molar-refractivity contribution in [2.24, 2.45) is 0 Å². The third-order valence-electron chi connectivity index (χ3n) is 8.22. The average Bonchev–Trinajstić information content (AvgIpc) is 3.52. The van der Waals surface area contributed by atoms with E-state index in [9.17, 15) is 9.90 Å². The fourth-order valence-electron chi connectivity index (χ4n) is 6.18. The van der Waals surface area contributed by atoms with Crippen LogP contribution in [0.3, 0.4) is 0 Å². The molecule has 0 aromatic heterocycles. The molecule has 2 aliphatic rings. The minimum absolute atomic E-state index is 0.197. The number of hydrogen-bond donors (Lipinski definition) is 1. The lowest BCUT2D eigenvalue weighted by Crippen LogP contribution is -2.31. The minimum Gasteiger partial charge on any atom is -0.497 e. The van der Waals surface area contributed by atoms with Crippen molar-refractivity contribution in [2.75, 3.05) is 25.1 Å². The lowest BCUT2D eigenvalue weighted by atomic mass is 9.66. The Balaban J connectivity index is 1.56. The summed E-state index contributed by atoms with van der Waals surface area (Å²) in [4.78, 5) is 14.0. The van der Waals surface area contributed by atoms with Gasteiger partial charge in [-0.25, -0.2) is 4.39 Å². The van der Waals surface area contributed by atoms with Crippen LogP contribution < -0.4 is 9.64 Å². The number of carbonyl (C=O) groups is 1. The van der Waals surface area contributed by atoms with Crippen LogP contribution in [0, 0.1) is 5.82 Å². The van der Waals surface area contributed by atoms with Crippen LogP contribution >= 0.6 is 0 Å². The summed E-state index contributed by atoms with van der Waals surface area (Å²) in [6, 6.07) is 21.6. The second-order valence-electron chi connectivity index (χ2n) is 10.3. The maximum absolute atomic E-state index is 15.2. The standard InChI is InChI=1S/C33H30FNO3/c1-38-27-10-6-25(7-11-27)33(24-4-8-26(9-5-24)35-14-2-3-15-35)13-12-28-23(21-37)18-30-29(31(28)19-33)16-22(20-36)17-32(30)34/h4-13,16-18,20,37H,2-3,14-15,19,21H2,1H3. The maximum Gasteiger partial charge on any atom is 0.150 e. The van der Waals surface area contributed by atoms with Gasteiger partial charge in [-0.3, -0.25) is 4.79 Å². The van der Waals surface area contributed by atoms with E-state index in [1.807, 2.05) is 18.2 Å². The van der Waals surface area contributed by atoms with E-state index in [2.05, 4.69) is 47.4 Å². The summed E-state index contributed by atoms with van der Waals surface area (Å²) in [7, 11) is 1.65. The number of nitrogens with zero attached hydrogens (tertiary/aromatic N) is 1. The van der Waals surface area contributed by atoms with Crippen LogP contribution in [0.5, 0.6) is 5.75 Å². The zero-order valence-corrected chi connectivity index (χ0v) is 21.4. The fourth-order valence-corrected chi connectivity index (χ4v) is 6.18. The number of halogens is 1. The van der Waals surface area contributed by atoms with Crippen molar-refractivity contribution in [3.05, 3.63) is 112 Å². The highest BCUT2D eigenvalue weighted by molar-refractivity contribution is 5.95. The van der Waals surface area contributed by atoms with E-state index in [-0.39, 0.29) is 6.61 Å². The molecule has 1 atom stereocenters. The number of benzene rings is 4. The molecule has 1 saturated heterocycles.